The molecule has 0 spiro atoms. The summed E-state index contributed by atoms with van der Waals surface area (Å²) >= 11 is 1.55. The first kappa shape index (κ1) is 13.5. The van der Waals surface area contributed by atoms with E-state index in [9.17, 15) is 14.7 Å². The topological polar surface area (TPSA) is 66.4 Å². The van der Waals surface area contributed by atoms with E-state index in [1.165, 1.54) is 6.07 Å². The Kier molecular flexibility index (Phi) is 4.16. The van der Waals surface area contributed by atoms with Gasteiger partial charge in [0.2, 0.25) is 5.91 Å². The molecule has 0 atom stereocenters. The fraction of sp³-hybridized carbons (Fsp3) is 0.286. The lowest BCUT2D eigenvalue weighted by Crippen LogP contribution is -2.22. The standard InChI is InChI=1S/C14H15NO3S/c1-2-15-14(18)6-3-9-7-10-11(8-16)12(17)4-5-13(10)19-9/h4-5,7-8,17H,2-3,6H2,1H3,(H,15,18). The predicted molar refractivity (Wildman–Crippen MR) is 75.9 cm³/mol. The van der Waals surface area contributed by atoms with E-state index in [4.69, 9.17) is 0 Å². The first-order valence-corrected chi connectivity index (χ1v) is 6.93. The van der Waals surface area contributed by atoms with Crippen LogP contribution in [0.15, 0.2) is 18.2 Å². The van der Waals surface area contributed by atoms with Gasteiger partial charge in [-0.15, -0.1) is 11.3 Å². The SMILES string of the molecule is CCNC(=O)CCc1cc2c(C=O)c(O)ccc2s1. The number of amides is 1. The maximum absolute atomic E-state index is 11.4. The van der Waals surface area contributed by atoms with Crippen LogP contribution in [0.25, 0.3) is 10.1 Å². The van der Waals surface area contributed by atoms with Crippen molar-refractivity contribution in [2.75, 3.05) is 6.54 Å². The molecule has 0 saturated heterocycles. The van der Waals surface area contributed by atoms with Crippen molar-refractivity contribution in [2.24, 2.45) is 0 Å². The Morgan fingerprint density at radius 1 is 1.47 bits per heavy atom. The van der Waals surface area contributed by atoms with Crippen molar-refractivity contribution in [1.82, 2.24) is 5.32 Å². The number of benzene rings is 1. The van der Waals surface area contributed by atoms with Crippen LogP contribution < -0.4 is 5.32 Å². The summed E-state index contributed by atoms with van der Waals surface area (Å²) < 4.78 is 0.950. The van der Waals surface area contributed by atoms with Gasteiger partial charge in [0.15, 0.2) is 6.29 Å². The lowest BCUT2D eigenvalue weighted by molar-refractivity contribution is -0.120. The van der Waals surface area contributed by atoms with Gasteiger partial charge in [-0.25, -0.2) is 0 Å². The van der Waals surface area contributed by atoms with Gasteiger partial charge in [-0.3, -0.25) is 9.59 Å². The Morgan fingerprint density at radius 2 is 2.26 bits per heavy atom. The molecule has 0 aliphatic heterocycles. The molecule has 0 fully saturated rings. The van der Waals surface area contributed by atoms with Gasteiger partial charge in [0.05, 0.1) is 5.56 Å². The maximum Gasteiger partial charge on any atom is 0.220 e. The number of carbonyl (C=O) groups is 2. The summed E-state index contributed by atoms with van der Waals surface area (Å²) in [6.07, 6.45) is 1.74. The van der Waals surface area contributed by atoms with Crippen LogP contribution in [0.3, 0.4) is 0 Å². The quantitative estimate of drug-likeness (QED) is 0.825. The first-order chi connectivity index (χ1) is 9.15. The maximum atomic E-state index is 11.4. The monoisotopic (exact) mass is 277 g/mol. The lowest BCUT2D eigenvalue weighted by Gasteiger charge is -1.99. The number of phenolic OH excluding ortho intramolecular Hbond substituents is 1. The third-order valence-corrected chi connectivity index (χ3v) is 4.02. The summed E-state index contributed by atoms with van der Waals surface area (Å²) in [7, 11) is 0. The van der Waals surface area contributed by atoms with Gasteiger partial charge >= 0.3 is 0 Å². The van der Waals surface area contributed by atoms with Crippen molar-refractivity contribution < 1.29 is 14.7 Å². The number of hydrogen-bond acceptors (Lipinski definition) is 4. The summed E-state index contributed by atoms with van der Waals surface area (Å²) in [5.74, 6) is 0.0222. The average molecular weight is 277 g/mol. The van der Waals surface area contributed by atoms with Crippen LogP contribution >= 0.6 is 11.3 Å². The summed E-state index contributed by atoms with van der Waals surface area (Å²) in [5, 5.41) is 13.1. The smallest absolute Gasteiger partial charge is 0.220 e. The van der Waals surface area contributed by atoms with E-state index in [0.29, 0.717) is 31.2 Å². The first-order valence-electron chi connectivity index (χ1n) is 6.12. The fourth-order valence-corrected chi connectivity index (χ4v) is 3.02. The van der Waals surface area contributed by atoms with Gasteiger partial charge in [0.1, 0.15) is 5.75 Å². The summed E-state index contributed by atoms with van der Waals surface area (Å²) in [6.45, 7) is 2.52. The Labute approximate surface area is 115 Å². The number of rotatable bonds is 5. The van der Waals surface area contributed by atoms with Crippen molar-refractivity contribution in [1.29, 1.82) is 0 Å². The van der Waals surface area contributed by atoms with Crippen LogP contribution in [0.4, 0.5) is 0 Å². The molecule has 2 aromatic rings. The van der Waals surface area contributed by atoms with Crippen LogP contribution in [0.5, 0.6) is 5.75 Å². The lowest BCUT2D eigenvalue weighted by atomic mass is 10.1. The molecule has 0 aliphatic carbocycles. The molecule has 0 aliphatic rings. The Hall–Kier alpha value is -1.88. The summed E-state index contributed by atoms with van der Waals surface area (Å²) in [5.41, 5.74) is 0.318. The minimum absolute atomic E-state index is 0.00410. The molecule has 1 amide bonds. The molecule has 5 heteroatoms. The van der Waals surface area contributed by atoms with E-state index >= 15 is 0 Å². The Morgan fingerprint density at radius 3 is 2.95 bits per heavy atom. The van der Waals surface area contributed by atoms with E-state index in [1.54, 1.807) is 17.4 Å². The zero-order valence-corrected chi connectivity index (χ0v) is 11.4. The van der Waals surface area contributed by atoms with Crippen molar-refractivity contribution in [2.45, 2.75) is 19.8 Å². The van der Waals surface area contributed by atoms with Crippen molar-refractivity contribution in [3.63, 3.8) is 0 Å². The van der Waals surface area contributed by atoms with Gasteiger partial charge in [-0.1, -0.05) is 0 Å². The second kappa shape index (κ2) is 5.84. The molecule has 19 heavy (non-hydrogen) atoms. The van der Waals surface area contributed by atoms with Gasteiger partial charge in [0.25, 0.3) is 0 Å². The van der Waals surface area contributed by atoms with Gasteiger partial charge in [0, 0.05) is 27.9 Å². The second-order valence-electron chi connectivity index (χ2n) is 4.19. The highest BCUT2D eigenvalue weighted by molar-refractivity contribution is 7.19. The fourth-order valence-electron chi connectivity index (χ4n) is 1.94. The number of fused-ring (bicyclic) bond motifs is 1. The number of phenols is 1. The molecule has 0 unspecified atom stereocenters. The van der Waals surface area contributed by atoms with Crippen LogP contribution in [-0.2, 0) is 11.2 Å². The number of nitrogens with one attached hydrogen (secondary N) is 1. The van der Waals surface area contributed by atoms with Crippen LogP contribution in [0.1, 0.15) is 28.6 Å². The average Bonchev–Trinajstić information content (AvgIpc) is 2.80. The van der Waals surface area contributed by atoms with E-state index in [2.05, 4.69) is 5.32 Å². The van der Waals surface area contributed by atoms with Crippen LogP contribution in [-0.4, -0.2) is 23.8 Å². The Balaban J connectivity index is 2.22. The van der Waals surface area contributed by atoms with Gasteiger partial charge < -0.3 is 10.4 Å². The highest BCUT2D eigenvalue weighted by Crippen LogP contribution is 2.32. The summed E-state index contributed by atoms with van der Waals surface area (Å²) in [4.78, 5) is 23.4. The zero-order valence-electron chi connectivity index (χ0n) is 10.6. The molecular formula is C14H15NO3S. The minimum atomic E-state index is -0.00410. The molecule has 100 valence electrons. The molecule has 1 aromatic carbocycles. The molecule has 2 rings (SSSR count). The number of aryl methyl sites for hydroxylation is 1. The molecule has 4 nitrogen and oxygen atoms in total. The molecular weight excluding hydrogens is 262 g/mol. The third kappa shape index (κ3) is 2.93. The van der Waals surface area contributed by atoms with E-state index in [-0.39, 0.29) is 11.7 Å². The van der Waals surface area contributed by atoms with E-state index in [0.717, 1.165) is 15.0 Å². The third-order valence-electron chi connectivity index (χ3n) is 2.86. The van der Waals surface area contributed by atoms with Crippen LogP contribution in [0, 0.1) is 0 Å². The Bertz CT molecular complexity index is 618. The molecule has 0 bridgehead atoms. The number of carbonyl (C=O) groups excluding carboxylic acids is 2. The largest absolute Gasteiger partial charge is 0.507 e. The molecule has 1 aromatic heterocycles. The van der Waals surface area contributed by atoms with Crippen molar-refractivity contribution in [3.8, 4) is 5.75 Å². The number of aromatic hydroxyl groups is 1. The molecule has 0 saturated carbocycles. The predicted octanol–water partition coefficient (Wildman–Crippen LogP) is 2.49. The summed E-state index contributed by atoms with van der Waals surface area (Å²) in [6, 6.07) is 5.19. The molecule has 0 radical (unpaired) electrons. The molecule has 1 heterocycles. The molecule has 2 N–H and O–H groups in total. The van der Waals surface area contributed by atoms with E-state index < -0.39 is 0 Å². The van der Waals surface area contributed by atoms with Crippen LogP contribution in [0.2, 0.25) is 0 Å². The highest BCUT2D eigenvalue weighted by atomic mass is 32.1. The number of aldehydes is 1. The number of thiophene rings is 1. The minimum Gasteiger partial charge on any atom is -0.507 e. The normalized spacial score (nSPS) is 10.6. The van der Waals surface area contributed by atoms with Crippen molar-refractivity contribution in [3.05, 3.63) is 28.6 Å². The van der Waals surface area contributed by atoms with E-state index in [1.807, 2.05) is 13.0 Å². The van der Waals surface area contributed by atoms with Gasteiger partial charge in [-0.2, -0.15) is 0 Å². The number of hydrogen-bond donors (Lipinski definition) is 2. The van der Waals surface area contributed by atoms with Gasteiger partial charge in [-0.05, 0) is 31.5 Å². The highest BCUT2D eigenvalue weighted by Gasteiger charge is 2.10. The second-order valence-corrected chi connectivity index (χ2v) is 5.36. The van der Waals surface area contributed by atoms with Crippen molar-refractivity contribution >= 4 is 33.6 Å². The zero-order chi connectivity index (χ0) is 13.8.